The van der Waals surface area contributed by atoms with Crippen LogP contribution in [0.5, 0.6) is 11.5 Å². The number of halogens is 2. The van der Waals surface area contributed by atoms with Crippen molar-refractivity contribution in [2.24, 2.45) is 0 Å². The second-order valence-electron chi connectivity index (χ2n) is 10.5. The Hall–Kier alpha value is -3.47. The van der Waals surface area contributed by atoms with E-state index in [-0.39, 0.29) is 34.8 Å². The average molecular weight is 663 g/mol. The number of para-hydroxylation sites is 1. The molecule has 9 nitrogen and oxygen atoms in total. The summed E-state index contributed by atoms with van der Waals surface area (Å²) < 4.78 is 40.0. The summed E-state index contributed by atoms with van der Waals surface area (Å²) in [5.41, 5.74) is 0.856. The summed E-state index contributed by atoms with van der Waals surface area (Å²) in [7, 11) is -1.43. The van der Waals surface area contributed by atoms with Gasteiger partial charge in [-0.2, -0.15) is 0 Å². The van der Waals surface area contributed by atoms with E-state index in [0.717, 1.165) is 30.0 Å². The van der Waals surface area contributed by atoms with E-state index in [2.05, 4.69) is 5.32 Å². The number of nitrogens with one attached hydrogen (secondary N) is 1. The highest BCUT2D eigenvalue weighted by Gasteiger charge is 2.35. The van der Waals surface area contributed by atoms with Crippen LogP contribution in [0, 0.1) is 0 Å². The van der Waals surface area contributed by atoms with Crippen molar-refractivity contribution in [3.8, 4) is 11.5 Å². The Morgan fingerprint density at radius 1 is 0.955 bits per heavy atom. The number of amides is 2. The molecule has 1 saturated carbocycles. The SMILES string of the molecule is CC[C@H](C(=O)NC1CCCC1)N(Cc1ccc(Cl)cc1Cl)C(=O)CN(c1ccccc1)S(=O)(=O)c1ccc(OC)c(OC)c1. The number of rotatable bonds is 13. The number of anilines is 1. The molecule has 0 heterocycles. The molecule has 0 aromatic heterocycles. The van der Waals surface area contributed by atoms with Crippen LogP contribution in [0.1, 0.15) is 44.6 Å². The van der Waals surface area contributed by atoms with E-state index < -0.39 is 28.5 Å². The highest BCUT2D eigenvalue weighted by Crippen LogP contribution is 2.33. The van der Waals surface area contributed by atoms with E-state index in [1.807, 2.05) is 6.92 Å². The van der Waals surface area contributed by atoms with Crippen molar-refractivity contribution in [3.05, 3.63) is 82.3 Å². The Morgan fingerprint density at radius 2 is 1.64 bits per heavy atom. The van der Waals surface area contributed by atoms with Crippen LogP contribution in [-0.2, 0) is 26.2 Å². The van der Waals surface area contributed by atoms with E-state index in [1.54, 1.807) is 48.5 Å². The fraction of sp³-hybridized carbons (Fsp3) is 0.375. The summed E-state index contributed by atoms with van der Waals surface area (Å²) in [5, 5.41) is 3.86. The number of carbonyl (C=O) groups is 2. The van der Waals surface area contributed by atoms with Crippen molar-refractivity contribution < 1.29 is 27.5 Å². The third kappa shape index (κ3) is 7.78. The normalized spacial score (nSPS) is 14.1. The lowest BCUT2D eigenvalue weighted by Gasteiger charge is -2.34. The van der Waals surface area contributed by atoms with Gasteiger partial charge in [0, 0.05) is 28.7 Å². The van der Waals surface area contributed by atoms with Gasteiger partial charge in [-0.25, -0.2) is 8.42 Å². The summed E-state index contributed by atoms with van der Waals surface area (Å²) in [6.07, 6.45) is 4.13. The first-order chi connectivity index (χ1) is 21.1. The monoisotopic (exact) mass is 661 g/mol. The second kappa shape index (κ2) is 15.0. The summed E-state index contributed by atoms with van der Waals surface area (Å²) in [4.78, 5) is 29.2. The minimum Gasteiger partial charge on any atom is -0.493 e. The van der Waals surface area contributed by atoms with Crippen molar-refractivity contribution >= 4 is 50.7 Å². The molecule has 0 radical (unpaired) electrons. The molecule has 0 aliphatic heterocycles. The standard InChI is InChI=1S/C32H37Cl2N3O6S/c1-4-28(32(39)35-24-10-8-9-11-24)36(20-22-14-15-23(33)18-27(22)34)31(38)21-37(25-12-6-5-7-13-25)44(40,41)26-16-17-29(42-2)30(19-26)43-3/h5-7,12-19,24,28H,4,8-11,20-21H2,1-3H3,(H,35,39)/t28-/m1/s1. The summed E-state index contributed by atoms with van der Waals surface area (Å²) in [6.45, 7) is 1.22. The molecule has 0 bridgehead atoms. The fourth-order valence-corrected chi connectivity index (χ4v) is 7.25. The lowest BCUT2D eigenvalue weighted by Crippen LogP contribution is -2.53. The average Bonchev–Trinajstić information content (AvgIpc) is 3.53. The van der Waals surface area contributed by atoms with Gasteiger partial charge in [0.1, 0.15) is 12.6 Å². The Balaban J connectivity index is 1.74. The first-order valence-corrected chi connectivity index (χ1v) is 16.6. The van der Waals surface area contributed by atoms with Gasteiger partial charge in [0.25, 0.3) is 10.0 Å². The van der Waals surface area contributed by atoms with Crippen LogP contribution in [0.3, 0.4) is 0 Å². The van der Waals surface area contributed by atoms with Crippen LogP contribution in [0.25, 0.3) is 0 Å². The van der Waals surface area contributed by atoms with Gasteiger partial charge in [-0.3, -0.25) is 13.9 Å². The van der Waals surface area contributed by atoms with Gasteiger partial charge in [0.15, 0.2) is 11.5 Å². The topological polar surface area (TPSA) is 105 Å². The van der Waals surface area contributed by atoms with E-state index in [0.29, 0.717) is 27.8 Å². The van der Waals surface area contributed by atoms with E-state index in [4.69, 9.17) is 32.7 Å². The van der Waals surface area contributed by atoms with Gasteiger partial charge in [-0.1, -0.05) is 67.2 Å². The third-order valence-electron chi connectivity index (χ3n) is 7.71. The Morgan fingerprint density at radius 3 is 2.25 bits per heavy atom. The number of hydrogen-bond acceptors (Lipinski definition) is 6. The van der Waals surface area contributed by atoms with Crippen LogP contribution < -0.4 is 19.1 Å². The van der Waals surface area contributed by atoms with Gasteiger partial charge < -0.3 is 19.7 Å². The predicted octanol–water partition coefficient (Wildman–Crippen LogP) is 6.07. The molecule has 2 amide bonds. The summed E-state index contributed by atoms with van der Waals surface area (Å²) in [6, 6.07) is 16.7. The van der Waals surface area contributed by atoms with Crippen molar-refractivity contribution in [1.82, 2.24) is 10.2 Å². The fourth-order valence-electron chi connectivity index (χ4n) is 5.35. The zero-order chi connectivity index (χ0) is 31.9. The molecule has 4 rings (SSSR count). The number of ether oxygens (including phenoxy) is 2. The van der Waals surface area contributed by atoms with E-state index in [9.17, 15) is 18.0 Å². The Labute approximate surface area is 269 Å². The molecule has 1 aliphatic carbocycles. The molecule has 44 heavy (non-hydrogen) atoms. The van der Waals surface area contributed by atoms with Gasteiger partial charge in [0.2, 0.25) is 11.8 Å². The Kier molecular flexibility index (Phi) is 11.4. The zero-order valence-electron chi connectivity index (χ0n) is 25.0. The number of nitrogens with zero attached hydrogens (tertiary/aromatic N) is 2. The minimum absolute atomic E-state index is 0.0233. The molecule has 3 aromatic rings. The number of methoxy groups -OCH3 is 2. The van der Waals surface area contributed by atoms with Crippen molar-refractivity contribution in [2.75, 3.05) is 25.1 Å². The van der Waals surface area contributed by atoms with Gasteiger partial charge >= 0.3 is 0 Å². The highest BCUT2D eigenvalue weighted by molar-refractivity contribution is 7.92. The van der Waals surface area contributed by atoms with Crippen molar-refractivity contribution in [2.45, 2.75) is 62.6 Å². The molecule has 0 saturated heterocycles. The van der Waals surface area contributed by atoms with E-state index in [1.165, 1.54) is 37.3 Å². The van der Waals surface area contributed by atoms with Crippen LogP contribution in [-0.4, -0.2) is 58.0 Å². The van der Waals surface area contributed by atoms with Crippen molar-refractivity contribution in [1.29, 1.82) is 0 Å². The molecular formula is C32H37Cl2N3O6S. The highest BCUT2D eigenvalue weighted by atomic mass is 35.5. The van der Waals surface area contributed by atoms with Crippen LogP contribution in [0.2, 0.25) is 10.0 Å². The lowest BCUT2D eigenvalue weighted by molar-refractivity contribution is -0.140. The van der Waals surface area contributed by atoms with Crippen LogP contribution in [0.4, 0.5) is 5.69 Å². The smallest absolute Gasteiger partial charge is 0.264 e. The maximum Gasteiger partial charge on any atom is 0.264 e. The number of sulfonamides is 1. The Bertz CT molecular complexity index is 1570. The summed E-state index contributed by atoms with van der Waals surface area (Å²) >= 11 is 12.6. The van der Waals surface area contributed by atoms with Crippen molar-refractivity contribution in [3.63, 3.8) is 0 Å². The molecule has 3 aromatic carbocycles. The number of carbonyl (C=O) groups excluding carboxylic acids is 2. The minimum atomic E-state index is -4.29. The second-order valence-corrected chi connectivity index (χ2v) is 13.2. The molecule has 236 valence electrons. The molecule has 1 N–H and O–H groups in total. The third-order valence-corrected chi connectivity index (χ3v) is 10.1. The zero-order valence-corrected chi connectivity index (χ0v) is 27.3. The van der Waals surface area contributed by atoms with Crippen LogP contribution >= 0.6 is 23.2 Å². The molecule has 12 heteroatoms. The largest absolute Gasteiger partial charge is 0.493 e. The maximum absolute atomic E-state index is 14.3. The molecule has 0 unspecified atom stereocenters. The number of benzene rings is 3. The van der Waals surface area contributed by atoms with Crippen LogP contribution in [0.15, 0.2) is 71.6 Å². The molecule has 1 aliphatic rings. The molecule has 1 fully saturated rings. The van der Waals surface area contributed by atoms with E-state index >= 15 is 0 Å². The first kappa shape index (κ1) is 33.4. The first-order valence-electron chi connectivity index (χ1n) is 14.4. The lowest BCUT2D eigenvalue weighted by atomic mass is 10.1. The van der Waals surface area contributed by atoms with Gasteiger partial charge in [0.05, 0.1) is 24.8 Å². The molecule has 0 spiro atoms. The van der Waals surface area contributed by atoms with Gasteiger partial charge in [-0.05, 0) is 61.2 Å². The molecule has 1 atom stereocenters. The quantitative estimate of drug-likeness (QED) is 0.238. The maximum atomic E-state index is 14.3. The number of hydrogen-bond donors (Lipinski definition) is 1. The predicted molar refractivity (Wildman–Crippen MR) is 172 cm³/mol. The summed E-state index contributed by atoms with van der Waals surface area (Å²) in [5.74, 6) is -0.274. The van der Waals surface area contributed by atoms with Gasteiger partial charge in [-0.15, -0.1) is 0 Å². The molecular weight excluding hydrogens is 625 g/mol.